The molecule has 0 bridgehead atoms. The van der Waals surface area contributed by atoms with E-state index >= 15 is 0 Å². The summed E-state index contributed by atoms with van der Waals surface area (Å²) in [6.45, 7) is 11.7. The molecule has 94 valence electrons. The van der Waals surface area contributed by atoms with Crippen molar-refractivity contribution in [3.05, 3.63) is 0 Å². The lowest BCUT2D eigenvalue weighted by Gasteiger charge is -2.38. The van der Waals surface area contributed by atoms with Gasteiger partial charge in [-0.15, -0.1) is 0 Å². The highest BCUT2D eigenvalue weighted by Crippen LogP contribution is 2.34. The van der Waals surface area contributed by atoms with Crippen LogP contribution in [-0.4, -0.2) is 37.2 Å². The molecule has 2 unspecified atom stereocenters. The first-order chi connectivity index (χ1) is 7.55. The molecule has 2 heterocycles. The molecule has 2 heteroatoms. The standard InChI is InChI=1S/C14H27NO/c1-14(2,3)12-6-7-13(16-11-12)10-15-8-4-5-9-15/h12-13H,4-11H2,1-3H3. The molecule has 0 aromatic carbocycles. The van der Waals surface area contributed by atoms with Crippen LogP contribution in [0.3, 0.4) is 0 Å². The summed E-state index contributed by atoms with van der Waals surface area (Å²) in [4.78, 5) is 2.57. The summed E-state index contributed by atoms with van der Waals surface area (Å²) in [5.41, 5.74) is 0.415. The van der Waals surface area contributed by atoms with Gasteiger partial charge in [-0.3, -0.25) is 0 Å². The molecule has 0 aromatic rings. The van der Waals surface area contributed by atoms with Gasteiger partial charge in [0, 0.05) is 6.54 Å². The fraction of sp³-hybridized carbons (Fsp3) is 1.00. The third-order valence-corrected chi connectivity index (χ3v) is 4.26. The third kappa shape index (κ3) is 3.21. The largest absolute Gasteiger partial charge is 0.377 e. The van der Waals surface area contributed by atoms with Crippen LogP contribution in [0, 0.1) is 11.3 Å². The van der Waals surface area contributed by atoms with E-state index < -0.39 is 0 Å². The van der Waals surface area contributed by atoms with Crippen molar-refractivity contribution in [1.82, 2.24) is 4.90 Å². The number of rotatable bonds is 2. The number of likely N-dealkylation sites (tertiary alicyclic amines) is 1. The molecule has 2 fully saturated rings. The topological polar surface area (TPSA) is 12.5 Å². The Kier molecular flexibility index (Phi) is 3.91. The number of nitrogens with zero attached hydrogens (tertiary/aromatic N) is 1. The Bertz CT molecular complexity index is 207. The highest BCUT2D eigenvalue weighted by atomic mass is 16.5. The zero-order valence-electron chi connectivity index (χ0n) is 11.2. The monoisotopic (exact) mass is 225 g/mol. The molecule has 2 aliphatic rings. The quantitative estimate of drug-likeness (QED) is 0.716. The van der Waals surface area contributed by atoms with Crippen LogP contribution in [0.1, 0.15) is 46.5 Å². The van der Waals surface area contributed by atoms with Crippen molar-refractivity contribution >= 4 is 0 Å². The summed E-state index contributed by atoms with van der Waals surface area (Å²) in [5.74, 6) is 0.752. The first-order valence-electron chi connectivity index (χ1n) is 6.89. The number of hydrogen-bond acceptors (Lipinski definition) is 2. The minimum Gasteiger partial charge on any atom is -0.377 e. The Morgan fingerprint density at radius 2 is 1.81 bits per heavy atom. The molecule has 0 aliphatic carbocycles. The van der Waals surface area contributed by atoms with Gasteiger partial charge in [-0.2, -0.15) is 0 Å². The highest BCUT2D eigenvalue weighted by molar-refractivity contribution is 4.81. The Labute approximate surface area is 100 Å². The second kappa shape index (κ2) is 5.05. The molecule has 2 aliphatic heterocycles. The van der Waals surface area contributed by atoms with Gasteiger partial charge in [0.05, 0.1) is 12.7 Å². The minimum atomic E-state index is 0.415. The van der Waals surface area contributed by atoms with Gasteiger partial charge in [-0.1, -0.05) is 20.8 Å². The average molecular weight is 225 g/mol. The Hall–Kier alpha value is -0.0800. The fourth-order valence-corrected chi connectivity index (χ4v) is 2.89. The van der Waals surface area contributed by atoms with Crippen molar-refractivity contribution in [2.24, 2.45) is 11.3 Å². The summed E-state index contributed by atoms with van der Waals surface area (Å²) in [5, 5.41) is 0. The van der Waals surface area contributed by atoms with Crippen LogP contribution < -0.4 is 0 Å². The van der Waals surface area contributed by atoms with Crippen molar-refractivity contribution < 1.29 is 4.74 Å². The SMILES string of the molecule is CC(C)(C)C1CCC(CN2CCCC2)OC1. The lowest BCUT2D eigenvalue weighted by Crippen LogP contribution is -2.39. The van der Waals surface area contributed by atoms with Crippen molar-refractivity contribution in [3.63, 3.8) is 0 Å². The third-order valence-electron chi connectivity index (χ3n) is 4.26. The fourth-order valence-electron chi connectivity index (χ4n) is 2.89. The zero-order chi connectivity index (χ0) is 11.6. The first kappa shape index (κ1) is 12.4. The van der Waals surface area contributed by atoms with Crippen LogP contribution >= 0.6 is 0 Å². The molecule has 2 rings (SSSR count). The van der Waals surface area contributed by atoms with Crippen molar-refractivity contribution in [2.45, 2.75) is 52.6 Å². The highest BCUT2D eigenvalue weighted by Gasteiger charge is 2.31. The van der Waals surface area contributed by atoms with Gasteiger partial charge in [0.25, 0.3) is 0 Å². The maximum Gasteiger partial charge on any atom is 0.0702 e. The second-order valence-corrected chi connectivity index (χ2v) is 6.60. The second-order valence-electron chi connectivity index (χ2n) is 6.60. The predicted molar refractivity (Wildman–Crippen MR) is 67.6 cm³/mol. The van der Waals surface area contributed by atoms with E-state index in [1.807, 2.05) is 0 Å². The van der Waals surface area contributed by atoms with Gasteiger partial charge >= 0.3 is 0 Å². The minimum absolute atomic E-state index is 0.415. The number of ether oxygens (including phenoxy) is 1. The van der Waals surface area contributed by atoms with Crippen molar-refractivity contribution in [3.8, 4) is 0 Å². The van der Waals surface area contributed by atoms with Crippen LogP contribution in [0.15, 0.2) is 0 Å². The first-order valence-corrected chi connectivity index (χ1v) is 6.89. The molecule has 0 amide bonds. The van der Waals surface area contributed by atoms with Crippen LogP contribution in [0.25, 0.3) is 0 Å². The van der Waals surface area contributed by atoms with E-state index in [-0.39, 0.29) is 0 Å². The smallest absolute Gasteiger partial charge is 0.0702 e. The summed E-state index contributed by atoms with van der Waals surface area (Å²) < 4.78 is 6.04. The summed E-state index contributed by atoms with van der Waals surface area (Å²) in [6.07, 6.45) is 5.89. The van der Waals surface area contributed by atoms with E-state index in [1.165, 1.54) is 45.3 Å². The van der Waals surface area contributed by atoms with Crippen LogP contribution in [0.4, 0.5) is 0 Å². The van der Waals surface area contributed by atoms with E-state index in [4.69, 9.17) is 4.74 Å². The summed E-state index contributed by atoms with van der Waals surface area (Å²) >= 11 is 0. The van der Waals surface area contributed by atoms with Crippen LogP contribution in [-0.2, 0) is 4.74 Å². The van der Waals surface area contributed by atoms with Crippen molar-refractivity contribution in [1.29, 1.82) is 0 Å². The lowest BCUT2D eigenvalue weighted by molar-refractivity contribution is -0.0560. The van der Waals surface area contributed by atoms with Crippen LogP contribution in [0.5, 0.6) is 0 Å². The molecular formula is C14H27NO. The molecule has 0 radical (unpaired) electrons. The zero-order valence-corrected chi connectivity index (χ0v) is 11.2. The Morgan fingerprint density at radius 3 is 2.31 bits per heavy atom. The Balaban J connectivity index is 1.72. The van der Waals surface area contributed by atoms with E-state index in [2.05, 4.69) is 25.7 Å². The molecular weight excluding hydrogens is 198 g/mol. The maximum atomic E-state index is 6.04. The lowest BCUT2D eigenvalue weighted by atomic mass is 9.77. The molecule has 0 N–H and O–H groups in total. The van der Waals surface area contributed by atoms with Crippen molar-refractivity contribution in [2.75, 3.05) is 26.2 Å². The van der Waals surface area contributed by atoms with Gasteiger partial charge in [-0.05, 0) is 50.1 Å². The molecule has 0 saturated carbocycles. The van der Waals surface area contributed by atoms with Crippen LogP contribution in [0.2, 0.25) is 0 Å². The summed E-state index contributed by atoms with van der Waals surface area (Å²) in [7, 11) is 0. The maximum absolute atomic E-state index is 6.04. The van der Waals surface area contributed by atoms with E-state index in [1.54, 1.807) is 0 Å². The molecule has 0 aromatic heterocycles. The molecule has 2 saturated heterocycles. The predicted octanol–water partition coefficient (Wildman–Crippen LogP) is 2.92. The summed E-state index contributed by atoms with van der Waals surface area (Å²) in [6, 6.07) is 0. The molecule has 2 nitrogen and oxygen atoms in total. The van der Waals surface area contributed by atoms with Gasteiger partial charge in [-0.25, -0.2) is 0 Å². The van der Waals surface area contributed by atoms with E-state index in [0.717, 1.165) is 12.5 Å². The van der Waals surface area contributed by atoms with Gasteiger partial charge in [0.15, 0.2) is 0 Å². The molecule has 0 spiro atoms. The van der Waals surface area contributed by atoms with E-state index in [9.17, 15) is 0 Å². The Morgan fingerprint density at radius 1 is 1.12 bits per heavy atom. The average Bonchev–Trinajstić information content (AvgIpc) is 2.70. The number of hydrogen-bond donors (Lipinski definition) is 0. The normalized spacial score (nSPS) is 33.2. The van der Waals surface area contributed by atoms with Gasteiger partial charge in [0.1, 0.15) is 0 Å². The van der Waals surface area contributed by atoms with E-state index in [0.29, 0.717) is 11.5 Å². The molecule has 16 heavy (non-hydrogen) atoms. The molecule has 2 atom stereocenters. The van der Waals surface area contributed by atoms with Gasteiger partial charge < -0.3 is 9.64 Å². The van der Waals surface area contributed by atoms with Gasteiger partial charge in [0.2, 0.25) is 0 Å².